The molecule has 0 fully saturated rings. The summed E-state index contributed by atoms with van der Waals surface area (Å²) in [4.78, 5) is 23.9. The van der Waals surface area contributed by atoms with E-state index in [-0.39, 0.29) is 18.0 Å². The van der Waals surface area contributed by atoms with Gasteiger partial charge in [0, 0.05) is 12.8 Å². The zero-order chi connectivity index (χ0) is 22.1. The maximum Gasteiger partial charge on any atom is 0.140 e. The lowest BCUT2D eigenvalue weighted by atomic mass is 10.0. The Bertz CT molecular complexity index is 375. The van der Waals surface area contributed by atoms with E-state index in [1.165, 1.54) is 109 Å². The van der Waals surface area contributed by atoms with Gasteiger partial charge in [-0.15, -0.1) is 0 Å². The Labute approximate surface area is 189 Å². The SMILES string of the molecule is CCCCCCCCCCCCCCCC(=O)CC(=O)CCCCCCCCCC. The van der Waals surface area contributed by atoms with Crippen molar-refractivity contribution in [1.82, 2.24) is 0 Å². The molecule has 0 aromatic carbocycles. The van der Waals surface area contributed by atoms with Crippen molar-refractivity contribution in [3.8, 4) is 0 Å². The molecule has 0 saturated carbocycles. The summed E-state index contributed by atoms with van der Waals surface area (Å²) in [5.41, 5.74) is 0. The quantitative estimate of drug-likeness (QED) is 0.108. The molecule has 0 aromatic heterocycles. The molecule has 0 amide bonds. The minimum Gasteiger partial charge on any atom is -0.299 e. The molecule has 0 aliphatic rings. The highest BCUT2D eigenvalue weighted by molar-refractivity contribution is 5.98. The van der Waals surface area contributed by atoms with Crippen LogP contribution in [0.25, 0.3) is 0 Å². The van der Waals surface area contributed by atoms with Gasteiger partial charge in [0.1, 0.15) is 11.6 Å². The molecule has 0 aliphatic heterocycles. The third-order valence-corrected chi connectivity index (χ3v) is 6.26. The predicted octanol–water partition coefficient (Wildman–Crippen LogP) is 9.53. The van der Waals surface area contributed by atoms with Gasteiger partial charge in [-0.1, -0.05) is 136 Å². The fourth-order valence-corrected chi connectivity index (χ4v) is 4.19. The predicted molar refractivity (Wildman–Crippen MR) is 132 cm³/mol. The van der Waals surface area contributed by atoms with Gasteiger partial charge in [-0.05, 0) is 12.8 Å². The summed E-state index contributed by atoms with van der Waals surface area (Å²) in [5.74, 6) is 0.336. The van der Waals surface area contributed by atoms with Gasteiger partial charge in [0.25, 0.3) is 0 Å². The summed E-state index contributed by atoms with van der Waals surface area (Å²) in [6.07, 6.45) is 28.6. The summed E-state index contributed by atoms with van der Waals surface area (Å²) < 4.78 is 0. The highest BCUT2D eigenvalue weighted by Gasteiger charge is 2.09. The Hall–Kier alpha value is -0.660. The van der Waals surface area contributed by atoms with E-state index in [0.717, 1.165) is 25.7 Å². The smallest absolute Gasteiger partial charge is 0.140 e. The monoisotopic (exact) mass is 422 g/mol. The third kappa shape index (κ3) is 23.6. The molecule has 0 rings (SSSR count). The van der Waals surface area contributed by atoms with Gasteiger partial charge in [-0.2, -0.15) is 0 Å². The molecular weight excluding hydrogens is 368 g/mol. The second kappa shape index (κ2) is 24.6. The Balaban J connectivity index is 3.30. The summed E-state index contributed by atoms with van der Waals surface area (Å²) in [5, 5.41) is 0. The summed E-state index contributed by atoms with van der Waals surface area (Å²) >= 11 is 0. The number of unbranched alkanes of at least 4 members (excludes halogenated alkanes) is 19. The van der Waals surface area contributed by atoms with Crippen molar-refractivity contribution in [3.05, 3.63) is 0 Å². The highest BCUT2D eigenvalue weighted by Crippen LogP contribution is 2.14. The van der Waals surface area contributed by atoms with Crippen LogP contribution in [0.15, 0.2) is 0 Å². The molecule has 0 bridgehead atoms. The summed E-state index contributed by atoms with van der Waals surface area (Å²) in [7, 11) is 0. The molecule has 0 aromatic rings. The first-order chi connectivity index (χ1) is 14.7. The Kier molecular flexibility index (Phi) is 24.1. The van der Waals surface area contributed by atoms with Gasteiger partial charge >= 0.3 is 0 Å². The summed E-state index contributed by atoms with van der Waals surface area (Å²) in [6.45, 7) is 4.51. The van der Waals surface area contributed by atoms with Crippen LogP contribution < -0.4 is 0 Å². The number of carbonyl (C=O) groups excluding carboxylic acids is 2. The zero-order valence-corrected chi connectivity index (χ0v) is 20.8. The van der Waals surface area contributed by atoms with Crippen molar-refractivity contribution < 1.29 is 9.59 Å². The van der Waals surface area contributed by atoms with Crippen molar-refractivity contribution in [2.24, 2.45) is 0 Å². The maximum absolute atomic E-state index is 12.0. The molecule has 178 valence electrons. The van der Waals surface area contributed by atoms with Crippen LogP contribution >= 0.6 is 0 Å². The maximum atomic E-state index is 12.0. The van der Waals surface area contributed by atoms with Gasteiger partial charge in [-0.3, -0.25) is 9.59 Å². The van der Waals surface area contributed by atoms with E-state index >= 15 is 0 Å². The first-order valence-electron chi connectivity index (χ1n) is 13.7. The molecule has 2 nitrogen and oxygen atoms in total. The van der Waals surface area contributed by atoms with Crippen LogP contribution in [-0.4, -0.2) is 11.6 Å². The van der Waals surface area contributed by atoms with E-state index in [4.69, 9.17) is 0 Å². The highest BCUT2D eigenvalue weighted by atomic mass is 16.1. The second-order valence-corrected chi connectivity index (χ2v) is 9.47. The van der Waals surface area contributed by atoms with Gasteiger partial charge in [0.2, 0.25) is 0 Å². The first-order valence-corrected chi connectivity index (χ1v) is 13.7. The first kappa shape index (κ1) is 29.3. The van der Waals surface area contributed by atoms with Crippen LogP contribution in [0.4, 0.5) is 0 Å². The van der Waals surface area contributed by atoms with E-state index in [1.54, 1.807) is 0 Å². The molecule has 0 saturated heterocycles. The van der Waals surface area contributed by atoms with E-state index in [1.807, 2.05) is 0 Å². The van der Waals surface area contributed by atoms with Gasteiger partial charge < -0.3 is 0 Å². The van der Waals surface area contributed by atoms with E-state index in [0.29, 0.717) is 12.8 Å². The number of hydrogen-bond donors (Lipinski definition) is 0. The zero-order valence-electron chi connectivity index (χ0n) is 20.8. The normalized spacial score (nSPS) is 11.1. The average Bonchev–Trinajstić information content (AvgIpc) is 2.73. The Morgan fingerprint density at radius 1 is 0.367 bits per heavy atom. The van der Waals surface area contributed by atoms with Crippen LogP contribution in [0.3, 0.4) is 0 Å². The van der Waals surface area contributed by atoms with E-state index < -0.39 is 0 Å². The number of carbonyl (C=O) groups is 2. The lowest BCUT2D eigenvalue weighted by molar-refractivity contribution is -0.127. The molecule has 0 radical (unpaired) electrons. The fourth-order valence-electron chi connectivity index (χ4n) is 4.19. The van der Waals surface area contributed by atoms with E-state index in [2.05, 4.69) is 13.8 Å². The molecule has 2 heteroatoms. The lowest BCUT2D eigenvalue weighted by Gasteiger charge is -2.04. The lowest BCUT2D eigenvalue weighted by Crippen LogP contribution is -2.07. The van der Waals surface area contributed by atoms with Crippen molar-refractivity contribution in [1.29, 1.82) is 0 Å². The molecule has 0 aliphatic carbocycles. The number of ketones is 2. The molecule has 30 heavy (non-hydrogen) atoms. The molecule has 0 spiro atoms. The topological polar surface area (TPSA) is 34.1 Å². The third-order valence-electron chi connectivity index (χ3n) is 6.26. The molecule has 0 heterocycles. The van der Waals surface area contributed by atoms with Crippen molar-refractivity contribution in [3.63, 3.8) is 0 Å². The van der Waals surface area contributed by atoms with Gasteiger partial charge in [0.05, 0.1) is 6.42 Å². The Morgan fingerprint density at radius 3 is 0.867 bits per heavy atom. The van der Waals surface area contributed by atoms with Crippen LogP contribution in [0.1, 0.15) is 168 Å². The van der Waals surface area contributed by atoms with Crippen LogP contribution in [-0.2, 0) is 9.59 Å². The largest absolute Gasteiger partial charge is 0.299 e. The number of hydrogen-bond acceptors (Lipinski definition) is 2. The van der Waals surface area contributed by atoms with E-state index in [9.17, 15) is 9.59 Å². The fraction of sp³-hybridized carbons (Fsp3) is 0.929. The Morgan fingerprint density at radius 2 is 0.600 bits per heavy atom. The second-order valence-electron chi connectivity index (χ2n) is 9.47. The number of Topliss-reactive ketones (excluding diaryl/α,β-unsaturated/α-hetero) is 2. The molecular formula is C28H54O2. The van der Waals surface area contributed by atoms with Crippen molar-refractivity contribution >= 4 is 11.6 Å². The standard InChI is InChI=1S/C28H54O2/c1-3-5-7-9-11-13-14-15-16-17-19-21-23-25-28(30)26-27(29)24-22-20-18-12-10-8-6-4-2/h3-26H2,1-2H3. The molecule has 0 atom stereocenters. The van der Waals surface area contributed by atoms with Crippen molar-refractivity contribution in [2.45, 2.75) is 168 Å². The number of rotatable bonds is 25. The molecule has 0 unspecified atom stereocenters. The van der Waals surface area contributed by atoms with Gasteiger partial charge in [-0.25, -0.2) is 0 Å². The van der Waals surface area contributed by atoms with Crippen LogP contribution in [0.5, 0.6) is 0 Å². The van der Waals surface area contributed by atoms with Crippen LogP contribution in [0, 0.1) is 0 Å². The van der Waals surface area contributed by atoms with Crippen molar-refractivity contribution in [2.75, 3.05) is 0 Å². The minimum absolute atomic E-state index is 0.167. The average molecular weight is 423 g/mol. The minimum atomic E-state index is 0.167. The summed E-state index contributed by atoms with van der Waals surface area (Å²) in [6, 6.07) is 0. The molecule has 0 N–H and O–H groups in total. The van der Waals surface area contributed by atoms with Gasteiger partial charge in [0.15, 0.2) is 0 Å². The van der Waals surface area contributed by atoms with Crippen LogP contribution in [0.2, 0.25) is 0 Å².